The molecule has 0 heterocycles. The van der Waals surface area contributed by atoms with Gasteiger partial charge in [-0.3, -0.25) is 0 Å². The van der Waals surface area contributed by atoms with Crippen molar-refractivity contribution in [3.8, 4) is 11.5 Å². The van der Waals surface area contributed by atoms with Gasteiger partial charge in [-0.05, 0) is 42.9 Å². The average Bonchev–Trinajstić information content (AvgIpc) is 2.75. The van der Waals surface area contributed by atoms with E-state index in [0.717, 1.165) is 31.8 Å². The summed E-state index contributed by atoms with van der Waals surface area (Å²) in [5, 5.41) is 5.20. The predicted octanol–water partition coefficient (Wildman–Crippen LogP) is 4.76. The van der Waals surface area contributed by atoms with E-state index in [1.165, 1.54) is 19.2 Å². The van der Waals surface area contributed by atoms with Crippen molar-refractivity contribution in [2.45, 2.75) is 26.6 Å². The highest BCUT2D eigenvalue weighted by molar-refractivity contribution is 5.89. The molecule has 0 aromatic heterocycles. The number of halogens is 3. The fourth-order valence-corrected chi connectivity index (χ4v) is 2.91. The topological polar surface area (TPSA) is 62.8 Å². The molecule has 0 saturated carbocycles. The highest BCUT2D eigenvalue weighted by Crippen LogP contribution is 2.31. The second-order valence-electron chi connectivity index (χ2n) is 6.75. The van der Waals surface area contributed by atoms with Crippen molar-refractivity contribution in [1.29, 1.82) is 0 Å². The molecule has 2 aromatic rings. The van der Waals surface area contributed by atoms with Gasteiger partial charge in [-0.25, -0.2) is 4.79 Å². The molecule has 0 aliphatic heterocycles. The second-order valence-corrected chi connectivity index (χ2v) is 6.75. The number of alkyl halides is 3. The molecule has 2 aromatic carbocycles. The Bertz CT molecular complexity index is 855. The Kier molecular flexibility index (Phi) is 8.99. The Morgan fingerprint density at radius 2 is 1.81 bits per heavy atom. The van der Waals surface area contributed by atoms with Gasteiger partial charge < -0.3 is 25.0 Å². The van der Waals surface area contributed by atoms with Gasteiger partial charge in [0.05, 0.1) is 12.7 Å². The number of anilines is 1. The lowest BCUT2D eigenvalue weighted by molar-refractivity contribution is -0.137. The van der Waals surface area contributed by atoms with Gasteiger partial charge >= 0.3 is 12.2 Å². The molecule has 0 bridgehead atoms. The predicted molar refractivity (Wildman–Crippen MR) is 114 cm³/mol. The Morgan fingerprint density at radius 1 is 1.06 bits per heavy atom. The fraction of sp³-hybridized carbons (Fsp3) is 0.409. The first kappa shape index (κ1) is 24.3. The van der Waals surface area contributed by atoms with Crippen LogP contribution in [0.4, 0.5) is 23.7 Å². The minimum absolute atomic E-state index is 0.0425. The average molecular weight is 439 g/mol. The highest BCUT2D eigenvalue weighted by Gasteiger charge is 2.30. The molecule has 0 radical (unpaired) electrons. The van der Waals surface area contributed by atoms with Crippen LogP contribution in [0, 0.1) is 0 Å². The summed E-state index contributed by atoms with van der Waals surface area (Å²) in [6.45, 7) is 7.17. The summed E-state index contributed by atoms with van der Waals surface area (Å²) in [4.78, 5) is 14.4. The zero-order chi connectivity index (χ0) is 22.9. The number of benzene rings is 2. The van der Waals surface area contributed by atoms with Crippen LogP contribution in [-0.4, -0.2) is 44.3 Å². The molecule has 170 valence electrons. The van der Waals surface area contributed by atoms with Gasteiger partial charge in [-0.1, -0.05) is 26.0 Å². The van der Waals surface area contributed by atoms with Crippen molar-refractivity contribution in [2.24, 2.45) is 0 Å². The molecule has 0 unspecified atom stereocenters. The number of ether oxygens (including phenoxy) is 2. The van der Waals surface area contributed by atoms with Crippen molar-refractivity contribution >= 4 is 11.7 Å². The van der Waals surface area contributed by atoms with Crippen LogP contribution >= 0.6 is 0 Å². The largest absolute Gasteiger partial charge is 0.493 e. The maximum Gasteiger partial charge on any atom is 0.416 e. The molecule has 2 rings (SSSR count). The van der Waals surface area contributed by atoms with Crippen LogP contribution in [-0.2, 0) is 12.7 Å². The Labute approximate surface area is 180 Å². The summed E-state index contributed by atoms with van der Waals surface area (Å²) >= 11 is 0. The van der Waals surface area contributed by atoms with Crippen molar-refractivity contribution in [1.82, 2.24) is 10.2 Å². The van der Waals surface area contributed by atoms with E-state index in [1.807, 2.05) is 0 Å². The maximum atomic E-state index is 12.8. The van der Waals surface area contributed by atoms with E-state index in [2.05, 4.69) is 29.4 Å². The van der Waals surface area contributed by atoms with Crippen LogP contribution in [0.2, 0.25) is 0 Å². The summed E-state index contributed by atoms with van der Waals surface area (Å²) < 4.78 is 49.5. The second kappa shape index (κ2) is 11.5. The Balaban J connectivity index is 1.95. The van der Waals surface area contributed by atoms with Gasteiger partial charge in [0.15, 0.2) is 11.5 Å². The van der Waals surface area contributed by atoms with Crippen LogP contribution in [0.3, 0.4) is 0 Å². The van der Waals surface area contributed by atoms with Gasteiger partial charge in [-0.2, -0.15) is 13.2 Å². The van der Waals surface area contributed by atoms with Gasteiger partial charge in [0.2, 0.25) is 0 Å². The molecule has 31 heavy (non-hydrogen) atoms. The van der Waals surface area contributed by atoms with Crippen LogP contribution < -0.4 is 20.1 Å². The number of amides is 2. The Morgan fingerprint density at radius 3 is 2.45 bits per heavy atom. The van der Waals surface area contributed by atoms with E-state index in [1.54, 1.807) is 18.2 Å². The lowest BCUT2D eigenvalue weighted by Gasteiger charge is -2.19. The number of carbonyl (C=O) groups excluding carboxylic acids is 1. The maximum absolute atomic E-state index is 12.8. The number of carbonyl (C=O) groups is 1. The molecular formula is C22H28F3N3O3. The van der Waals surface area contributed by atoms with Crippen LogP contribution in [0.25, 0.3) is 0 Å². The summed E-state index contributed by atoms with van der Waals surface area (Å²) in [5.74, 6) is 1.03. The quantitative estimate of drug-likeness (QED) is 0.561. The van der Waals surface area contributed by atoms with Gasteiger partial charge in [-0.15, -0.1) is 0 Å². The number of hydrogen-bond donors (Lipinski definition) is 2. The van der Waals surface area contributed by atoms with E-state index >= 15 is 0 Å². The Hall–Kier alpha value is -2.94. The van der Waals surface area contributed by atoms with Gasteiger partial charge in [0, 0.05) is 24.8 Å². The van der Waals surface area contributed by atoms with Crippen LogP contribution in [0.5, 0.6) is 11.5 Å². The van der Waals surface area contributed by atoms with E-state index in [0.29, 0.717) is 29.4 Å². The SMILES string of the molecule is CCN(CC)CCOc1cc(NC(=O)NCc2cccc(C(F)(F)F)c2)ccc1OC. The first-order valence-electron chi connectivity index (χ1n) is 10.0. The number of methoxy groups -OCH3 is 1. The molecule has 0 fully saturated rings. The lowest BCUT2D eigenvalue weighted by Crippen LogP contribution is -2.28. The minimum atomic E-state index is -4.43. The molecule has 0 aliphatic carbocycles. The van der Waals surface area contributed by atoms with E-state index in [4.69, 9.17) is 9.47 Å². The zero-order valence-corrected chi connectivity index (χ0v) is 17.9. The monoisotopic (exact) mass is 439 g/mol. The van der Waals surface area contributed by atoms with E-state index in [9.17, 15) is 18.0 Å². The first-order valence-corrected chi connectivity index (χ1v) is 10.0. The third-order valence-electron chi connectivity index (χ3n) is 4.69. The standard InChI is InChI=1S/C22H28F3N3O3/c1-4-28(5-2)11-12-31-20-14-18(9-10-19(20)30-3)27-21(29)26-15-16-7-6-8-17(13-16)22(23,24)25/h6-10,13-14H,4-5,11-12,15H2,1-3H3,(H2,26,27,29). The smallest absolute Gasteiger partial charge is 0.416 e. The normalized spacial score (nSPS) is 11.3. The fourth-order valence-electron chi connectivity index (χ4n) is 2.91. The summed E-state index contributed by atoms with van der Waals surface area (Å²) in [6, 6.07) is 9.25. The lowest BCUT2D eigenvalue weighted by atomic mass is 10.1. The van der Waals surface area contributed by atoms with E-state index in [-0.39, 0.29) is 6.54 Å². The zero-order valence-electron chi connectivity index (χ0n) is 17.9. The summed E-state index contributed by atoms with van der Waals surface area (Å²) in [5.41, 5.74) is 0.0641. The molecule has 0 spiro atoms. The third kappa shape index (κ3) is 7.67. The first-order chi connectivity index (χ1) is 14.8. The van der Waals surface area contributed by atoms with Crippen molar-refractivity contribution in [3.63, 3.8) is 0 Å². The molecular weight excluding hydrogens is 411 g/mol. The number of likely N-dealkylation sites (N-methyl/N-ethyl adjacent to an activating group) is 1. The number of nitrogens with zero attached hydrogens (tertiary/aromatic N) is 1. The molecule has 0 saturated heterocycles. The number of urea groups is 1. The molecule has 9 heteroatoms. The van der Waals surface area contributed by atoms with Crippen molar-refractivity contribution in [2.75, 3.05) is 38.7 Å². The van der Waals surface area contributed by atoms with Crippen LogP contribution in [0.15, 0.2) is 42.5 Å². The van der Waals surface area contributed by atoms with Crippen molar-refractivity contribution < 1.29 is 27.4 Å². The van der Waals surface area contributed by atoms with Gasteiger partial charge in [0.25, 0.3) is 0 Å². The molecule has 2 N–H and O–H groups in total. The molecule has 0 aliphatic rings. The summed E-state index contributed by atoms with van der Waals surface area (Å²) in [7, 11) is 1.53. The third-order valence-corrected chi connectivity index (χ3v) is 4.69. The number of hydrogen-bond acceptors (Lipinski definition) is 4. The summed E-state index contributed by atoms with van der Waals surface area (Å²) in [6.07, 6.45) is -4.43. The van der Waals surface area contributed by atoms with E-state index < -0.39 is 17.8 Å². The molecule has 6 nitrogen and oxygen atoms in total. The molecule has 2 amide bonds. The highest BCUT2D eigenvalue weighted by atomic mass is 19.4. The van der Waals surface area contributed by atoms with Gasteiger partial charge in [0.1, 0.15) is 6.61 Å². The number of rotatable bonds is 10. The molecule has 0 atom stereocenters. The number of nitrogens with one attached hydrogen (secondary N) is 2. The minimum Gasteiger partial charge on any atom is -0.493 e. The van der Waals surface area contributed by atoms with Crippen molar-refractivity contribution in [3.05, 3.63) is 53.6 Å². The van der Waals surface area contributed by atoms with Crippen LogP contribution in [0.1, 0.15) is 25.0 Å².